The molecule has 0 unspecified atom stereocenters. The molecule has 0 radical (unpaired) electrons. The van der Waals surface area contributed by atoms with Crippen molar-refractivity contribution < 1.29 is 13.2 Å². The molecule has 22 heavy (non-hydrogen) atoms. The minimum Gasteiger partial charge on any atom is -0.357 e. The summed E-state index contributed by atoms with van der Waals surface area (Å²) < 4.78 is 41.8. The van der Waals surface area contributed by atoms with Crippen LogP contribution in [0.4, 0.5) is 30.8 Å². The number of benzene rings is 1. The number of nitrogens with zero attached hydrogens (tertiary/aromatic N) is 4. The molecule has 6 nitrogen and oxygen atoms in total. The standard InChI is InChI=1S/C13H11F3N6/c1-17-12-18-5-9-11(21-12)22(2)13(19-9)20-10-7(15)3-6(14)4-8(10)16/h3-5H,1-2H3,(H,19,20)(H,17,18,21). The molecule has 0 saturated heterocycles. The first-order valence-electron chi connectivity index (χ1n) is 6.28. The fraction of sp³-hybridized carbons (Fsp3) is 0.154. The topological polar surface area (TPSA) is 67.7 Å². The first-order chi connectivity index (χ1) is 10.5. The Labute approximate surface area is 123 Å². The van der Waals surface area contributed by atoms with E-state index in [2.05, 4.69) is 25.6 Å². The number of hydrogen-bond donors (Lipinski definition) is 2. The molecule has 2 N–H and O–H groups in total. The van der Waals surface area contributed by atoms with Gasteiger partial charge in [0.2, 0.25) is 11.9 Å². The molecule has 0 atom stereocenters. The Kier molecular flexibility index (Phi) is 3.32. The van der Waals surface area contributed by atoms with Crippen LogP contribution in [0.2, 0.25) is 0 Å². The van der Waals surface area contributed by atoms with Crippen LogP contribution in [0, 0.1) is 17.5 Å². The summed E-state index contributed by atoms with van der Waals surface area (Å²) in [5, 5.41) is 5.29. The van der Waals surface area contributed by atoms with Crippen LogP contribution in [-0.4, -0.2) is 26.6 Å². The number of nitrogens with one attached hydrogen (secondary N) is 2. The predicted molar refractivity (Wildman–Crippen MR) is 75.4 cm³/mol. The van der Waals surface area contributed by atoms with Gasteiger partial charge in [-0.15, -0.1) is 0 Å². The van der Waals surface area contributed by atoms with Crippen molar-refractivity contribution in [2.24, 2.45) is 7.05 Å². The summed E-state index contributed by atoms with van der Waals surface area (Å²) in [7, 11) is 3.30. The third kappa shape index (κ3) is 2.30. The van der Waals surface area contributed by atoms with Crippen LogP contribution in [0.5, 0.6) is 0 Å². The fourth-order valence-electron chi connectivity index (χ4n) is 1.99. The van der Waals surface area contributed by atoms with Gasteiger partial charge in [-0.1, -0.05) is 0 Å². The van der Waals surface area contributed by atoms with E-state index in [1.807, 2.05) is 0 Å². The molecule has 1 aromatic carbocycles. The molecule has 0 fully saturated rings. The van der Waals surface area contributed by atoms with Crippen LogP contribution in [0.25, 0.3) is 11.2 Å². The lowest BCUT2D eigenvalue weighted by atomic mass is 10.3. The molecule has 9 heteroatoms. The van der Waals surface area contributed by atoms with Gasteiger partial charge in [-0.25, -0.2) is 23.1 Å². The Morgan fingerprint density at radius 3 is 2.41 bits per heavy atom. The molecule has 0 amide bonds. The highest BCUT2D eigenvalue weighted by molar-refractivity contribution is 5.76. The minimum atomic E-state index is -1.05. The molecule has 0 saturated carbocycles. The summed E-state index contributed by atoms with van der Waals surface area (Å²) in [6.45, 7) is 0. The lowest BCUT2D eigenvalue weighted by Gasteiger charge is -2.08. The maximum Gasteiger partial charge on any atom is 0.224 e. The highest BCUT2D eigenvalue weighted by atomic mass is 19.1. The van der Waals surface area contributed by atoms with E-state index in [0.29, 0.717) is 29.2 Å². The summed E-state index contributed by atoms with van der Waals surface area (Å²) in [5.74, 6) is -2.55. The van der Waals surface area contributed by atoms with Gasteiger partial charge in [-0.2, -0.15) is 4.98 Å². The summed E-state index contributed by atoms with van der Waals surface area (Å²) in [5.41, 5.74) is 0.443. The molecule has 0 spiro atoms. The highest BCUT2D eigenvalue weighted by Crippen LogP contribution is 2.25. The van der Waals surface area contributed by atoms with Crippen molar-refractivity contribution in [2.45, 2.75) is 0 Å². The molecule has 114 valence electrons. The zero-order chi connectivity index (χ0) is 15.9. The molecule has 0 aliphatic rings. The third-order valence-electron chi connectivity index (χ3n) is 3.08. The average Bonchev–Trinajstić information content (AvgIpc) is 2.79. The maximum absolute atomic E-state index is 13.7. The summed E-state index contributed by atoms with van der Waals surface area (Å²) in [4.78, 5) is 12.4. The number of aryl methyl sites for hydroxylation is 1. The van der Waals surface area contributed by atoms with Gasteiger partial charge in [0.25, 0.3) is 0 Å². The van der Waals surface area contributed by atoms with Gasteiger partial charge in [-0.05, 0) is 0 Å². The zero-order valence-corrected chi connectivity index (χ0v) is 11.7. The quantitative estimate of drug-likeness (QED) is 0.778. The Bertz CT molecular complexity index is 837. The second kappa shape index (κ2) is 5.17. The van der Waals surface area contributed by atoms with Gasteiger partial charge in [0.1, 0.15) is 17.0 Å². The maximum atomic E-state index is 13.7. The predicted octanol–water partition coefficient (Wildman–Crippen LogP) is 2.57. The number of rotatable bonds is 3. The van der Waals surface area contributed by atoms with Crippen molar-refractivity contribution >= 4 is 28.7 Å². The summed E-state index contributed by atoms with van der Waals surface area (Å²) >= 11 is 0. The molecule has 3 aromatic rings. The van der Waals surface area contributed by atoms with Gasteiger partial charge in [0.15, 0.2) is 17.3 Å². The van der Waals surface area contributed by atoms with E-state index >= 15 is 0 Å². The molecule has 0 aliphatic carbocycles. The van der Waals surface area contributed by atoms with Gasteiger partial charge < -0.3 is 10.6 Å². The summed E-state index contributed by atoms with van der Waals surface area (Å²) in [6, 6.07) is 1.18. The van der Waals surface area contributed by atoms with Crippen molar-refractivity contribution in [3.63, 3.8) is 0 Å². The van der Waals surface area contributed by atoms with Crippen LogP contribution in [0.15, 0.2) is 18.3 Å². The van der Waals surface area contributed by atoms with Crippen molar-refractivity contribution in [1.29, 1.82) is 0 Å². The van der Waals surface area contributed by atoms with E-state index < -0.39 is 23.1 Å². The van der Waals surface area contributed by atoms with E-state index in [4.69, 9.17) is 0 Å². The van der Waals surface area contributed by atoms with Crippen LogP contribution in [0.1, 0.15) is 0 Å². The molecule has 2 aromatic heterocycles. The Hall–Kier alpha value is -2.84. The highest BCUT2D eigenvalue weighted by Gasteiger charge is 2.16. The zero-order valence-electron chi connectivity index (χ0n) is 11.7. The monoisotopic (exact) mass is 308 g/mol. The first kappa shape index (κ1) is 14.1. The molecule has 2 heterocycles. The second-order valence-electron chi connectivity index (χ2n) is 4.52. The van der Waals surface area contributed by atoms with Crippen LogP contribution in [-0.2, 0) is 7.05 Å². The number of anilines is 3. The van der Waals surface area contributed by atoms with Crippen LogP contribution < -0.4 is 10.6 Å². The number of hydrogen-bond acceptors (Lipinski definition) is 5. The second-order valence-corrected chi connectivity index (χ2v) is 4.52. The Balaban J connectivity index is 2.06. The molecule has 0 bridgehead atoms. The normalized spacial score (nSPS) is 11.0. The smallest absolute Gasteiger partial charge is 0.224 e. The van der Waals surface area contributed by atoms with E-state index in [1.54, 1.807) is 14.1 Å². The number of fused-ring (bicyclic) bond motifs is 1. The summed E-state index contributed by atoms with van der Waals surface area (Å²) in [6.07, 6.45) is 1.48. The largest absolute Gasteiger partial charge is 0.357 e. The van der Waals surface area contributed by atoms with Gasteiger partial charge in [0, 0.05) is 26.2 Å². The number of aromatic nitrogens is 4. The van der Waals surface area contributed by atoms with Crippen molar-refractivity contribution in [1.82, 2.24) is 19.5 Å². The fourth-order valence-corrected chi connectivity index (χ4v) is 1.99. The van der Waals surface area contributed by atoms with Gasteiger partial charge in [0.05, 0.1) is 6.20 Å². The van der Waals surface area contributed by atoms with Crippen molar-refractivity contribution in [2.75, 3.05) is 17.7 Å². The average molecular weight is 308 g/mol. The SMILES string of the molecule is CNc1ncc2nc(Nc3c(F)cc(F)cc3F)n(C)c2n1. The molecular formula is C13H11F3N6. The molecule has 0 aliphatic heterocycles. The van der Waals surface area contributed by atoms with E-state index in [9.17, 15) is 13.2 Å². The molecular weight excluding hydrogens is 297 g/mol. The van der Waals surface area contributed by atoms with E-state index in [0.717, 1.165) is 0 Å². The number of halogens is 3. The van der Waals surface area contributed by atoms with Crippen molar-refractivity contribution in [3.05, 3.63) is 35.8 Å². The first-order valence-corrected chi connectivity index (χ1v) is 6.28. The Morgan fingerprint density at radius 2 is 1.77 bits per heavy atom. The van der Waals surface area contributed by atoms with Gasteiger partial charge in [-0.3, -0.25) is 4.57 Å². The number of imidazole rings is 1. The van der Waals surface area contributed by atoms with Crippen LogP contribution in [0.3, 0.4) is 0 Å². The lowest BCUT2D eigenvalue weighted by Crippen LogP contribution is -2.04. The van der Waals surface area contributed by atoms with Gasteiger partial charge >= 0.3 is 0 Å². The van der Waals surface area contributed by atoms with E-state index in [1.165, 1.54) is 10.8 Å². The molecule has 3 rings (SSSR count). The van der Waals surface area contributed by atoms with E-state index in [-0.39, 0.29) is 5.95 Å². The lowest BCUT2D eigenvalue weighted by molar-refractivity contribution is 0.548. The van der Waals surface area contributed by atoms with Crippen LogP contribution >= 0.6 is 0 Å². The third-order valence-corrected chi connectivity index (χ3v) is 3.08. The van der Waals surface area contributed by atoms with Crippen molar-refractivity contribution in [3.8, 4) is 0 Å². The minimum absolute atomic E-state index is 0.155. The Morgan fingerprint density at radius 1 is 1.09 bits per heavy atom.